The highest BCUT2D eigenvalue weighted by Crippen LogP contribution is 2.20. The average molecular weight is 382 g/mol. The Morgan fingerprint density at radius 3 is 2.32 bits per heavy atom. The topological polar surface area (TPSA) is 84.5 Å². The number of hydrogen-bond donors (Lipinski definition) is 2. The number of ether oxygens (including phenoxy) is 1. The second-order valence-electron chi connectivity index (χ2n) is 6.94. The molecule has 0 saturated carbocycles. The summed E-state index contributed by atoms with van der Waals surface area (Å²) in [7, 11) is 0. The zero-order chi connectivity index (χ0) is 20.7. The molecule has 0 unspecified atom stereocenters. The molecule has 0 fully saturated rings. The smallest absolute Gasteiger partial charge is 0.308 e. The number of carbonyl (C=O) groups excluding carboxylic acids is 3. The van der Waals surface area contributed by atoms with Crippen LogP contribution >= 0.6 is 0 Å². The van der Waals surface area contributed by atoms with E-state index in [1.54, 1.807) is 38.1 Å². The maximum Gasteiger partial charge on any atom is 0.308 e. The summed E-state index contributed by atoms with van der Waals surface area (Å²) in [6.45, 7) is 6.94. The van der Waals surface area contributed by atoms with Gasteiger partial charge in [0.1, 0.15) is 0 Å². The van der Waals surface area contributed by atoms with Gasteiger partial charge >= 0.3 is 5.97 Å². The molecule has 2 rings (SSSR count). The standard InChI is InChI=1S/C22H26N2O4/c1-14(2)28-21(26)13-20(17-10-8-15(3)9-11-17)24-22(27)18-6-5-7-19(12-18)23-16(4)25/h5-12,14,20H,13H2,1-4H3,(H,23,25)(H,24,27)/t20-/m1/s1. The van der Waals surface area contributed by atoms with Gasteiger partial charge in [0.05, 0.1) is 18.6 Å². The van der Waals surface area contributed by atoms with Crippen LogP contribution in [0.5, 0.6) is 0 Å². The van der Waals surface area contributed by atoms with Crippen LogP contribution in [0.1, 0.15) is 54.7 Å². The number of nitrogens with one attached hydrogen (secondary N) is 2. The molecule has 2 aromatic rings. The molecule has 2 amide bonds. The van der Waals surface area contributed by atoms with Gasteiger partial charge < -0.3 is 15.4 Å². The van der Waals surface area contributed by atoms with Crippen LogP contribution in [-0.2, 0) is 14.3 Å². The van der Waals surface area contributed by atoms with Crippen LogP contribution in [0.15, 0.2) is 48.5 Å². The van der Waals surface area contributed by atoms with E-state index in [0.29, 0.717) is 11.3 Å². The second-order valence-corrected chi connectivity index (χ2v) is 6.94. The molecule has 28 heavy (non-hydrogen) atoms. The maximum atomic E-state index is 12.8. The number of hydrogen-bond acceptors (Lipinski definition) is 4. The molecular weight excluding hydrogens is 356 g/mol. The van der Waals surface area contributed by atoms with Crippen LogP contribution < -0.4 is 10.6 Å². The highest BCUT2D eigenvalue weighted by atomic mass is 16.5. The first kappa shape index (κ1) is 21.2. The number of benzene rings is 2. The Balaban J connectivity index is 2.21. The summed E-state index contributed by atoms with van der Waals surface area (Å²) in [6, 6.07) is 13.7. The predicted octanol–water partition coefficient (Wildman–Crippen LogP) is 3.77. The monoisotopic (exact) mass is 382 g/mol. The molecule has 1 atom stereocenters. The molecule has 0 aliphatic heterocycles. The fraction of sp³-hybridized carbons (Fsp3) is 0.318. The molecule has 0 aliphatic carbocycles. The van der Waals surface area contributed by atoms with Gasteiger partial charge in [-0.15, -0.1) is 0 Å². The number of amides is 2. The van der Waals surface area contributed by atoms with E-state index in [9.17, 15) is 14.4 Å². The molecular formula is C22H26N2O4. The van der Waals surface area contributed by atoms with Crippen molar-refractivity contribution in [1.82, 2.24) is 5.32 Å². The zero-order valence-electron chi connectivity index (χ0n) is 16.6. The Labute approximate surface area is 165 Å². The summed E-state index contributed by atoms with van der Waals surface area (Å²) < 4.78 is 5.24. The number of rotatable bonds is 7. The first-order valence-electron chi connectivity index (χ1n) is 9.19. The quantitative estimate of drug-likeness (QED) is 0.714. The SMILES string of the molecule is CC(=O)Nc1cccc(C(=O)N[C@H](CC(=O)OC(C)C)c2ccc(C)cc2)c1. The van der Waals surface area contributed by atoms with Gasteiger partial charge in [0.2, 0.25) is 5.91 Å². The van der Waals surface area contributed by atoms with Crippen molar-refractivity contribution in [2.75, 3.05) is 5.32 Å². The zero-order valence-corrected chi connectivity index (χ0v) is 16.6. The molecule has 148 valence electrons. The Kier molecular flexibility index (Phi) is 7.32. The largest absolute Gasteiger partial charge is 0.463 e. The lowest BCUT2D eigenvalue weighted by atomic mass is 10.0. The minimum Gasteiger partial charge on any atom is -0.463 e. The van der Waals surface area contributed by atoms with Gasteiger partial charge in [-0.05, 0) is 44.5 Å². The van der Waals surface area contributed by atoms with Gasteiger partial charge in [-0.1, -0.05) is 35.9 Å². The third kappa shape index (κ3) is 6.54. The minimum absolute atomic E-state index is 0.0262. The molecule has 6 heteroatoms. The van der Waals surface area contributed by atoms with E-state index >= 15 is 0 Å². The number of esters is 1. The fourth-order valence-corrected chi connectivity index (χ4v) is 2.71. The Bertz CT molecular complexity index is 844. The molecule has 0 radical (unpaired) electrons. The molecule has 0 aliphatic rings. The first-order valence-corrected chi connectivity index (χ1v) is 9.19. The van der Waals surface area contributed by atoms with Crippen LogP contribution in [0, 0.1) is 6.92 Å². The molecule has 6 nitrogen and oxygen atoms in total. The van der Waals surface area contributed by atoms with Crippen molar-refractivity contribution < 1.29 is 19.1 Å². The van der Waals surface area contributed by atoms with Crippen LogP contribution in [0.4, 0.5) is 5.69 Å². The van der Waals surface area contributed by atoms with Crippen LogP contribution in [0.3, 0.4) is 0 Å². The van der Waals surface area contributed by atoms with Crippen molar-refractivity contribution >= 4 is 23.5 Å². The number of carbonyl (C=O) groups is 3. The van der Waals surface area contributed by atoms with Crippen molar-refractivity contribution in [2.45, 2.75) is 46.3 Å². The Hall–Kier alpha value is -3.15. The van der Waals surface area contributed by atoms with Crippen molar-refractivity contribution in [2.24, 2.45) is 0 Å². The van der Waals surface area contributed by atoms with E-state index < -0.39 is 6.04 Å². The number of anilines is 1. The van der Waals surface area contributed by atoms with E-state index in [2.05, 4.69) is 10.6 Å². The van der Waals surface area contributed by atoms with E-state index in [0.717, 1.165) is 11.1 Å². The lowest BCUT2D eigenvalue weighted by Gasteiger charge is -2.20. The molecule has 0 spiro atoms. The van der Waals surface area contributed by atoms with Gasteiger partial charge in [-0.3, -0.25) is 14.4 Å². The van der Waals surface area contributed by atoms with Crippen molar-refractivity contribution in [1.29, 1.82) is 0 Å². The van der Waals surface area contributed by atoms with Crippen molar-refractivity contribution in [3.8, 4) is 0 Å². The molecule has 0 saturated heterocycles. The fourth-order valence-electron chi connectivity index (χ4n) is 2.71. The van der Waals surface area contributed by atoms with Gasteiger partial charge in [0.15, 0.2) is 0 Å². The molecule has 2 N–H and O–H groups in total. The minimum atomic E-state index is -0.524. The van der Waals surface area contributed by atoms with Gasteiger partial charge in [0, 0.05) is 18.2 Å². The van der Waals surface area contributed by atoms with Crippen LogP contribution in [0.25, 0.3) is 0 Å². The van der Waals surface area contributed by atoms with Crippen LogP contribution in [0.2, 0.25) is 0 Å². The summed E-state index contributed by atoms with van der Waals surface area (Å²) >= 11 is 0. The highest BCUT2D eigenvalue weighted by molar-refractivity contribution is 5.97. The summed E-state index contributed by atoms with van der Waals surface area (Å²) in [6.07, 6.45) is -0.200. The summed E-state index contributed by atoms with van der Waals surface area (Å²) in [4.78, 5) is 36.2. The van der Waals surface area contributed by atoms with Gasteiger partial charge in [-0.2, -0.15) is 0 Å². The summed E-state index contributed by atoms with van der Waals surface area (Å²) in [5.41, 5.74) is 2.83. The summed E-state index contributed by atoms with van der Waals surface area (Å²) in [5, 5.41) is 5.55. The average Bonchev–Trinajstić information content (AvgIpc) is 2.60. The normalized spacial score (nSPS) is 11.6. The maximum absolute atomic E-state index is 12.8. The molecule has 0 heterocycles. The lowest BCUT2D eigenvalue weighted by molar-refractivity contribution is -0.148. The van der Waals surface area contributed by atoms with E-state index in [4.69, 9.17) is 4.74 Å². The first-order chi connectivity index (χ1) is 13.2. The lowest BCUT2D eigenvalue weighted by Crippen LogP contribution is -2.31. The molecule has 0 bridgehead atoms. The third-order valence-electron chi connectivity index (χ3n) is 3.97. The van der Waals surface area contributed by atoms with Crippen molar-refractivity contribution in [3.05, 3.63) is 65.2 Å². The summed E-state index contributed by atoms with van der Waals surface area (Å²) in [5.74, 6) is -0.936. The molecule has 2 aromatic carbocycles. The highest BCUT2D eigenvalue weighted by Gasteiger charge is 2.21. The Morgan fingerprint density at radius 1 is 1.04 bits per heavy atom. The van der Waals surface area contributed by atoms with E-state index in [1.807, 2.05) is 31.2 Å². The van der Waals surface area contributed by atoms with Crippen LogP contribution in [-0.4, -0.2) is 23.9 Å². The second kappa shape index (κ2) is 9.69. The van der Waals surface area contributed by atoms with Gasteiger partial charge in [-0.25, -0.2) is 0 Å². The predicted molar refractivity (Wildman–Crippen MR) is 108 cm³/mol. The van der Waals surface area contributed by atoms with Gasteiger partial charge in [0.25, 0.3) is 5.91 Å². The number of aryl methyl sites for hydroxylation is 1. The molecule has 0 aromatic heterocycles. The third-order valence-corrected chi connectivity index (χ3v) is 3.97. The Morgan fingerprint density at radius 2 is 1.71 bits per heavy atom. The van der Waals surface area contributed by atoms with E-state index in [-0.39, 0.29) is 30.3 Å². The van der Waals surface area contributed by atoms with Crippen molar-refractivity contribution in [3.63, 3.8) is 0 Å². The van der Waals surface area contributed by atoms with E-state index in [1.165, 1.54) is 6.92 Å².